The number of nitrogens with zero attached hydrogens (tertiary/aromatic N) is 2. The first kappa shape index (κ1) is 18.9. The van der Waals surface area contributed by atoms with Gasteiger partial charge < -0.3 is 15.5 Å². The van der Waals surface area contributed by atoms with Crippen LogP contribution in [0.3, 0.4) is 0 Å². The molecule has 7 heteroatoms. The highest BCUT2D eigenvalue weighted by Gasteiger charge is 2.16. The second kappa shape index (κ2) is 10.5. The maximum atomic E-state index is 12.1. The van der Waals surface area contributed by atoms with Crippen molar-refractivity contribution >= 4 is 35.2 Å². The number of rotatable bonds is 6. The molecule has 0 spiro atoms. The van der Waals surface area contributed by atoms with Crippen LogP contribution in [0.5, 0.6) is 0 Å². The first-order valence-electron chi connectivity index (χ1n) is 8.29. The van der Waals surface area contributed by atoms with Crippen LogP contribution in [0.4, 0.5) is 0 Å². The topological polar surface area (TPSA) is 56.7 Å². The van der Waals surface area contributed by atoms with Crippen LogP contribution in [0, 0.1) is 0 Å². The van der Waals surface area contributed by atoms with E-state index >= 15 is 0 Å². The molecule has 0 saturated carbocycles. The Balaban J connectivity index is 1.63. The highest BCUT2D eigenvalue weighted by Crippen LogP contribution is 2.19. The number of carbonyl (C=O) groups excluding carboxylic acids is 1. The number of halogens is 1. The average molecular weight is 369 g/mol. The number of likely N-dealkylation sites (tertiary alicyclic amines) is 1. The van der Waals surface area contributed by atoms with E-state index in [2.05, 4.69) is 15.6 Å². The molecule has 2 N–H and O–H groups in total. The summed E-state index contributed by atoms with van der Waals surface area (Å²) in [7, 11) is 1.72. The number of aliphatic imine (C=N–C) groups is 1. The van der Waals surface area contributed by atoms with Crippen molar-refractivity contribution in [1.29, 1.82) is 0 Å². The van der Waals surface area contributed by atoms with Crippen molar-refractivity contribution in [3.05, 3.63) is 29.3 Å². The molecule has 1 aliphatic heterocycles. The summed E-state index contributed by atoms with van der Waals surface area (Å²) < 4.78 is 0. The molecule has 0 unspecified atom stereocenters. The zero-order valence-corrected chi connectivity index (χ0v) is 15.6. The number of benzene rings is 1. The van der Waals surface area contributed by atoms with E-state index in [1.165, 1.54) is 11.3 Å². The fourth-order valence-corrected chi connectivity index (χ4v) is 3.40. The Kier molecular flexibility index (Phi) is 8.25. The summed E-state index contributed by atoms with van der Waals surface area (Å²) in [6.07, 6.45) is 3.45. The summed E-state index contributed by atoms with van der Waals surface area (Å²) in [4.78, 5) is 19.4. The van der Waals surface area contributed by atoms with Crippen molar-refractivity contribution in [1.82, 2.24) is 15.5 Å². The third kappa shape index (κ3) is 6.61. The minimum absolute atomic E-state index is 0.146. The van der Waals surface area contributed by atoms with Gasteiger partial charge in [0.2, 0.25) is 5.91 Å². The number of guanidine groups is 1. The molecule has 1 fully saturated rings. The van der Waals surface area contributed by atoms with Gasteiger partial charge in [-0.2, -0.15) is 0 Å². The number of amides is 1. The Labute approximate surface area is 153 Å². The lowest BCUT2D eigenvalue weighted by molar-refractivity contribution is -0.130. The molecule has 0 bridgehead atoms. The number of nitrogens with one attached hydrogen (secondary N) is 2. The Bertz CT molecular complexity index is 544. The summed E-state index contributed by atoms with van der Waals surface area (Å²) >= 11 is 7.62. The van der Waals surface area contributed by atoms with E-state index in [4.69, 9.17) is 11.6 Å². The average Bonchev–Trinajstić information content (AvgIpc) is 2.63. The second-order valence-electron chi connectivity index (χ2n) is 5.60. The lowest BCUT2D eigenvalue weighted by Gasteiger charge is -2.27. The van der Waals surface area contributed by atoms with Crippen LogP contribution < -0.4 is 10.6 Å². The van der Waals surface area contributed by atoms with Gasteiger partial charge in [0.1, 0.15) is 0 Å². The minimum Gasteiger partial charge on any atom is -0.356 e. The smallest absolute Gasteiger partial charge is 0.241 e. The van der Waals surface area contributed by atoms with Crippen LogP contribution in [0.1, 0.15) is 19.3 Å². The summed E-state index contributed by atoms with van der Waals surface area (Å²) in [5, 5.41) is 7.07. The van der Waals surface area contributed by atoms with Crippen molar-refractivity contribution in [2.75, 3.05) is 39.0 Å². The van der Waals surface area contributed by atoms with Crippen LogP contribution in [0.15, 0.2) is 34.2 Å². The van der Waals surface area contributed by atoms with E-state index in [1.807, 2.05) is 29.2 Å². The Morgan fingerprint density at radius 3 is 2.58 bits per heavy atom. The fraction of sp³-hybridized carbons (Fsp3) is 0.529. The van der Waals surface area contributed by atoms with E-state index in [-0.39, 0.29) is 5.91 Å². The largest absolute Gasteiger partial charge is 0.356 e. The molecule has 0 aliphatic carbocycles. The number of hydrogen-bond acceptors (Lipinski definition) is 3. The molecule has 2 rings (SSSR count). The molecule has 1 amide bonds. The quantitative estimate of drug-likeness (QED) is 0.351. The number of thioether (sulfide) groups is 1. The predicted molar refractivity (Wildman–Crippen MR) is 102 cm³/mol. The number of carbonyl (C=O) groups is 1. The van der Waals surface area contributed by atoms with Crippen molar-refractivity contribution < 1.29 is 4.79 Å². The van der Waals surface area contributed by atoms with Gasteiger partial charge in [0.15, 0.2) is 5.96 Å². The van der Waals surface area contributed by atoms with Gasteiger partial charge in [-0.15, -0.1) is 11.8 Å². The van der Waals surface area contributed by atoms with E-state index in [0.29, 0.717) is 12.5 Å². The lowest BCUT2D eigenvalue weighted by atomic mass is 10.1. The van der Waals surface area contributed by atoms with Crippen LogP contribution in [0.2, 0.25) is 5.02 Å². The first-order valence-corrected chi connectivity index (χ1v) is 9.66. The highest BCUT2D eigenvalue weighted by molar-refractivity contribution is 7.99. The third-order valence-corrected chi connectivity index (χ3v) is 5.08. The van der Waals surface area contributed by atoms with Crippen LogP contribution in [0.25, 0.3) is 0 Å². The lowest BCUT2D eigenvalue weighted by Crippen LogP contribution is -2.46. The summed E-state index contributed by atoms with van der Waals surface area (Å²) in [6.45, 7) is 2.82. The van der Waals surface area contributed by atoms with Gasteiger partial charge in [-0.3, -0.25) is 9.79 Å². The molecular formula is C17H25ClN4OS. The van der Waals surface area contributed by atoms with Gasteiger partial charge in [0.05, 0.1) is 6.54 Å². The molecule has 1 aromatic carbocycles. The van der Waals surface area contributed by atoms with E-state index in [9.17, 15) is 4.79 Å². The zero-order valence-electron chi connectivity index (χ0n) is 14.1. The molecule has 0 aromatic heterocycles. The van der Waals surface area contributed by atoms with Gasteiger partial charge in [-0.25, -0.2) is 0 Å². The molecule has 1 aromatic rings. The number of hydrogen-bond donors (Lipinski definition) is 2. The highest BCUT2D eigenvalue weighted by atomic mass is 35.5. The molecule has 5 nitrogen and oxygen atoms in total. The summed E-state index contributed by atoms with van der Waals surface area (Å²) in [6, 6.07) is 7.81. The molecule has 1 heterocycles. The van der Waals surface area contributed by atoms with Crippen molar-refractivity contribution in [3.63, 3.8) is 0 Å². The van der Waals surface area contributed by atoms with Gasteiger partial charge in [-0.05, 0) is 43.5 Å². The van der Waals surface area contributed by atoms with Gasteiger partial charge in [-0.1, -0.05) is 11.6 Å². The summed E-state index contributed by atoms with van der Waals surface area (Å²) in [5.74, 6) is 1.72. The molecule has 0 radical (unpaired) electrons. The minimum atomic E-state index is 0.146. The SMILES string of the molecule is CN=C(NCCSc1ccc(Cl)cc1)NCC(=O)N1CCCCC1. The molecule has 0 atom stereocenters. The van der Waals surface area contributed by atoms with Crippen molar-refractivity contribution in [2.24, 2.45) is 4.99 Å². The van der Waals surface area contributed by atoms with Gasteiger partial charge in [0.25, 0.3) is 0 Å². The van der Waals surface area contributed by atoms with Crippen LogP contribution in [-0.4, -0.2) is 55.7 Å². The van der Waals surface area contributed by atoms with Gasteiger partial charge >= 0.3 is 0 Å². The maximum Gasteiger partial charge on any atom is 0.241 e. The molecule has 1 aliphatic rings. The summed E-state index contributed by atoms with van der Waals surface area (Å²) in [5.41, 5.74) is 0. The third-order valence-electron chi connectivity index (χ3n) is 3.82. The maximum absolute atomic E-state index is 12.1. The monoisotopic (exact) mass is 368 g/mol. The molecule has 1 saturated heterocycles. The van der Waals surface area contributed by atoms with E-state index in [0.717, 1.165) is 43.3 Å². The standard InChI is InChI=1S/C17H25ClN4OS/c1-19-17(21-13-16(23)22-10-3-2-4-11-22)20-9-12-24-15-7-5-14(18)6-8-15/h5-8H,2-4,9-13H2,1H3,(H2,19,20,21). The molecule has 132 valence electrons. The Hall–Kier alpha value is -1.40. The van der Waals surface area contributed by atoms with E-state index < -0.39 is 0 Å². The van der Waals surface area contributed by atoms with Crippen molar-refractivity contribution in [3.8, 4) is 0 Å². The van der Waals surface area contributed by atoms with Gasteiger partial charge in [0, 0.05) is 42.4 Å². The van der Waals surface area contributed by atoms with Crippen LogP contribution >= 0.6 is 23.4 Å². The fourth-order valence-electron chi connectivity index (χ4n) is 2.50. The normalized spacial score (nSPS) is 15.2. The predicted octanol–water partition coefficient (Wildman–Crippen LogP) is 2.61. The van der Waals surface area contributed by atoms with E-state index in [1.54, 1.807) is 18.8 Å². The molecular weight excluding hydrogens is 344 g/mol. The zero-order chi connectivity index (χ0) is 17.2. The second-order valence-corrected chi connectivity index (χ2v) is 7.20. The Morgan fingerprint density at radius 1 is 1.21 bits per heavy atom. The molecule has 24 heavy (non-hydrogen) atoms. The number of piperidine rings is 1. The first-order chi connectivity index (χ1) is 11.7. The van der Waals surface area contributed by atoms with Crippen LogP contribution in [-0.2, 0) is 4.79 Å². The van der Waals surface area contributed by atoms with Crippen molar-refractivity contribution in [2.45, 2.75) is 24.2 Å². The Morgan fingerprint density at radius 2 is 1.92 bits per heavy atom.